The number of nitrogens with one attached hydrogen (secondary N) is 1. The molecule has 0 unspecified atom stereocenters. The molecule has 0 radical (unpaired) electrons. The number of allylic oxidation sites excluding steroid dienone is 6. The predicted octanol–water partition coefficient (Wildman–Crippen LogP) is -1.18. The number of amides is 2. The number of primary amides is 1. The number of hydrogen-bond donors (Lipinski definition) is 2. The van der Waals surface area contributed by atoms with Crippen LogP contribution in [0.15, 0.2) is 59.8 Å². The molecule has 2 aliphatic carbocycles. The van der Waals surface area contributed by atoms with Crippen LogP contribution in [0.1, 0.15) is 6.42 Å². The first-order chi connectivity index (χ1) is 8.65. The molecule has 4 nitrogen and oxygen atoms in total. The highest BCUT2D eigenvalue weighted by molar-refractivity contribution is 5.85. The molecule has 0 aromatic carbocycles. The number of anilines is 1. The van der Waals surface area contributed by atoms with Gasteiger partial charge < -0.3 is 29.7 Å². The molecule has 3 N–H and O–H groups in total. The minimum absolute atomic E-state index is 0. The van der Waals surface area contributed by atoms with Gasteiger partial charge in [-0.25, -0.2) is 9.36 Å². The van der Waals surface area contributed by atoms with E-state index in [-0.39, 0.29) is 24.0 Å². The number of halogens is 1. The number of aromatic nitrogens is 1. The van der Waals surface area contributed by atoms with E-state index in [1.807, 2.05) is 25.4 Å². The van der Waals surface area contributed by atoms with Crippen molar-refractivity contribution in [3.8, 4) is 0 Å². The first-order valence-corrected chi connectivity index (χ1v) is 5.74. The van der Waals surface area contributed by atoms with Crippen molar-refractivity contribution in [3.05, 3.63) is 59.8 Å². The Kier molecular flexibility index (Phi) is 5.75. The summed E-state index contributed by atoms with van der Waals surface area (Å²) in [5, 5.41) is 2.47. The van der Waals surface area contributed by atoms with Gasteiger partial charge in [-0.15, -0.1) is 0 Å². The summed E-state index contributed by atoms with van der Waals surface area (Å²) in [5.74, 6) is 0.681. The summed E-state index contributed by atoms with van der Waals surface area (Å²) < 4.78 is 1.77. The number of urea groups is 1. The van der Waals surface area contributed by atoms with Gasteiger partial charge in [-0.05, 0) is 23.6 Å². The number of rotatable bonds is 1. The number of pyridine rings is 1. The van der Waals surface area contributed by atoms with Crippen LogP contribution in [-0.4, -0.2) is 6.03 Å². The highest BCUT2D eigenvalue weighted by Crippen LogP contribution is 2.27. The van der Waals surface area contributed by atoms with Crippen molar-refractivity contribution < 1.29 is 33.3 Å². The van der Waals surface area contributed by atoms with Crippen LogP contribution in [0.5, 0.6) is 0 Å². The Bertz CT molecular complexity index is 542. The Morgan fingerprint density at radius 3 is 2.26 bits per heavy atom. The van der Waals surface area contributed by atoms with Gasteiger partial charge in [-0.1, -0.05) is 30.4 Å². The van der Waals surface area contributed by atoms with E-state index in [1.165, 1.54) is 17.6 Å². The van der Waals surface area contributed by atoms with Crippen molar-refractivity contribution in [1.29, 1.82) is 0 Å². The van der Waals surface area contributed by atoms with Crippen LogP contribution in [0.25, 0.3) is 0 Å². The molecule has 0 saturated heterocycles. The standard InChI is InChI=1S/C7H9N3O.C7H6.HI/c1-10-5-3-2-4-6(10)9-7(8)11;1-2-7-4-3-6(1)5-7;/h2-5H,1H3,(H2,8,11);1-4H,5H2;1H. The molecule has 0 fully saturated rings. The molecule has 2 bridgehead atoms. The highest BCUT2D eigenvalue weighted by Gasteiger charge is 2.08. The molecule has 0 aliphatic heterocycles. The van der Waals surface area contributed by atoms with Crippen molar-refractivity contribution in [2.75, 3.05) is 5.32 Å². The number of nitrogens with two attached hydrogens (primary N) is 1. The largest absolute Gasteiger partial charge is 1.00 e. The molecule has 0 saturated carbocycles. The van der Waals surface area contributed by atoms with Crippen molar-refractivity contribution >= 4 is 11.8 Å². The van der Waals surface area contributed by atoms with Crippen LogP contribution in [0.2, 0.25) is 0 Å². The summed E-state index contributed by atoms with van der Waals surface area (Å²) in [7, 11) is 1.82. The number of hydrogen-bond acceptors (Lipinski definition) is 1. The zero-order valence-electron chi connectivity index (χ0n) is 10.6. The Hall–Kier alpha value is -1.63. The van der Waals surface area contributed by atoms with Gasteiger partial charge in [-0.3, -0.25) is 0 Å². The maximum Gasteiger partial charge on any atom is 0.404 e. The predicted molar refractivity (Wildman–Crippen MR) is 70.7 cm³/mol. The lowest BCUT2D eigenvalue weighted by molar-refractivity contribution is -0.656. The summed E-state index contributed by atoms with van der Waals surface area (Å²) in [5.41, 5.74) is 7.87. The fraction of sp³-hybridized carbons (Fsp3) is 0.143. The van der Waals surface area contributed by atoms with E-state index in [0.29, 0.717) is 5.82 Å². The molecule has 2 aliphatic rings. The molecule has 1 aromatic rings. The third-order valence-corrected chi connectivity index (χ3v) is 2.74. The smallest absolute Gasteiger partial charge is 0.404 e. The summed E-state index contributed by atoms with van der Waals surface area (Å²) >= 11 is 0. The number of carbonyl (C=O) groups is 1. The monoisotopic (exact) mass is 369 g/mol. The van der Waals surface area contributed by atoms with Gasteiger partial charge in [0.05, 0.1) is 13.2 Å². The van der Waals surface area contributed by atoms with Crippen LogP contribution in [0, 0.1) is 0 Å². The van der Waals surface area contributed by atoms with Crippen molar-refractivity contribution in [2.24, 2.45) is 12.8 Å². The van der Waals surface area contributed by atoms with E-state index in [0.717, 1.165) is 0 Å². The fourth-order valence-corrected chi connectivity index (χ4v) is 1.79. The molecule has 0 atom stereocenters. The van der Waals surface area contributed by atoms with Crippen molar-refractivity contribution in [1.82, 2.24) is 0 Å². The SMILES string of the molecule is C1=CC2=CC=C1C2.C[n+]1ccccc1NC(N)=O.[I-]. The third-order valence-electron chi connectivity index (χ3n) is 2.74. The van der Waals surface area contributed by atoms with Gasteiger partial charge in [0.2, 0.25) is 0 Å². The van der Waals surface area contributed by atoms with E-state index < -0.39 is 6.03 Å². The molecule has 1 aromatic heterocycles. The Balaban J connectivity index is 0.000000194. The second-order valence-electron chi connectivity index (χ2n) is 4.18. The quantitative estimate of drug-likeness (QED) is 0.475. The molecule has 100 valence electrons. The number of fused-ring (bicyclic) bond motifs is 2. The summed E-state index contributed by atoms with van der Waals surface area (Å²) in [4.78, 5) is 10.4. The van der Waals surface area contributed by atoms with E-state index in [1.54, 1.807) is 10.6 Å². The van der Waals surface area contributed by atoms with Gasteiger partial charge in [0.15, 0.2) is 0 Å². The van der Waals surface area contributed by atoms with E-state index in [2.05, 4.69) is 29.6 Å². The van der Waals surface area contributed by atoms with E-state index >= 15 is 0 Å². The topological polar surface area (TPSA) is 59.0 Å². The highest BCUT2D eigenvalue weighted by atomic mass is 127. The molecule has 1 heterocycles. The second kappa shape index (κ2) is 7.08. The zero-order chi connectivity index (χ0) is 13.0. The molecular weight excluding hydrogens is 353 g/mol. The van der Waals surface area contributed by atoms with Crippen LogP contribution < -0.4 is 39.6 Å². The maximum absolute atomic E-state index is 10.4. The Labute approximate surface area is 129 Å². The molecule has 2 amide bonds. The van der Waals surface area contributed by atoms with Gasteiger partial charge >= 0.3 is 6.03 Å². The lowest BCUT2D eigenvalue weighted by Gasteiger charge is -1.96. The fourth-order valence-electron chi connectivity index (χ4n) is 1.79. The summed E-state index contributed by atoms with van der Waals surface area (Å²) in [6, 6.07) is 4.91. The number of carbonyl (C=O) groups excluding carboxylic acids is 1. The maximum atomic E-state index is 10.4. The lowest BCUT2D eigenvalue weighted by atomic mass is 10.3. The van der Waals surface area contributed by atoms with Gasteiger partial charge in [0.1, 0.15) is 0 Å². The first kappa shape index (κ1) is 15.4. The van der Waals surface area contributed by atoms with Crippen molar-refractivity contribution in [3.63, 3.8) is 0 Å². The Morgan fingerprint density at radius 2 is 1.89 bits per heavy atom. The summed E-state index contributed by atoms with van der Waals surface area (Å²) in [6.07, 6.45) is 11.7. The van der Waals surface area contributed by atoms with Crippen molar-refractivity contribution in [2.45, 2.75) is 6.42 Å². The molecule has 0 spiro atoms. The number of aryl methyl sites for hydroxylation is 1. The lowest BCUT2D eigenvalue weighted by Crippen LogP contribution is -3.00. The minimum atomic E-state index is -0.549. The van der Waals surface area contributed by atoms with Crippen LogP contribution >= 0.6 is 0 Å². The van der Waals surface area contributed by atoms with E-state index in [9.17, 15) is 4.79 Å². The van der Waals surface area contributed by atoms with Gasteiger partial charge in [-0.2, -0.15) is 5.32 Å². The van der Waals surface area contributed by atoms with Gasteiger partial charge in [0, 0.05) is 6.07 Å². The average molecular weight is 369 g/mol. The second-order valence-corrected chi connectivity index (χ2v) is 4.18. The van der Waals surface area contributed by atoms with Crippen LogP contribution in [-0.2, 0) is 7.05 Å². The molecule has 5 heteroatoms. The van der Waals surface area contributed by atoms with E-state index in [4.69, 9.17) is 5.73 Å². The third kappa shape index (κ3) is 4.51. The first-order valence-electron chi connectivity index (χ1n) is 5.74. The molecular formula is C14H16IN3O. The molecule has 3 rings (SSSR count). The molecule has 19 heavy (non-hydrogen) atoms. The zero-order valence-corrected chi connectivity index (χ0v) is 12.8. The van der Waals surface area contributed by atoms with Crippen LogP contribution in [0.3, 0.4) is 0 Å². The number of nitrogens with zero attached hydrogens (tertiary/aromatic N) is 1. The van der Waals surface area contributed by atoms with Crippen LogP contribution in [0.4, 0.5) is 10.6 Å². The Morgan fingerprint density at radius 1 is 1.26 bits per heavy atom. The minimum Gasteiger partial charge on any atom is -1.00 e. The van der Waals surface area contributed by atoms with Gasteiger partial charge in [0.25, 0.3) is 5.82 Å². The average Bonchev–Trinajstić information content (AvgIpc) is 2.97. The summed E-state index contributed by atoms with van der Waals surface area (Å²) in [6.45, 7) is 0. The normalized spacial score (nSPS) is 13.7.